The quantitative estimate of drug-likeness (QED) is 0.517. The highest BCUT2D eigenvalue weighted by Crippen LogP contribution is 2.48. The van der Waals surface area contributed by atoms with E-state index in [1.807, 2.05) is 0 Å². The van der Waals surface area contributed by atoms with E-state index in [-0.39, 0.29) is 0 Å². The van der Waals surface area contributed by atoms with Gasteiger partial charge < -0.3 is 4.74 Å². The minimum atomic E-state index is -1.60. The maximum atomic E-state index is 11.4. The van der Waals surface area contributed by atoms with Crippen molar-refractivity contribution < 1.29 is 9.53 Å². The molecule has 0 aromatic heterocycles. The molecule has 1 aromatic carbocycles. The van der Waals surface area contributed by atoms with Crippen molar-refractivity contribution in [2.24, 2.45) is 0 Å². The lowest BCUT2D eigenvalue weighted by atomic mass is 10.1. The van der Waals surface area contributed by atoms with E-state index in [0.717, 1.165) is 0 Å². The van der Waals surface area contributed by atoms with Crippen LogP contribution in [0.2, 0.25) is 0 Å². The van der Waals surface area contributed by atoms with E-state index < -0.39 is 10.5 Å². The largest absolute Gasteiger partial charge is 0.421 e. The predicted molar refractivity (Wildman–Crippen MR) is 60.6 cm³/mol. The molecule has 0 atom stereocenters. The fourth-order valence-corrected chi connectivity index (χ4v) is 3.12. The number of benzene rings is 1. The molecule has 0 spiro atoms. The normalized spacial score (nSPS) is 17.9. The van der Waals surface area contributed by atoms with Crippen LogP contribution < -0.4 is 0 Å². The van der Waals surface area contributed by atoms with E-state index in [9.17, 15) is 4.79 Å². The van der Waals surface area contributed by atoms with Crippen LogP contribution in [-0.4, -0.2) is 5.97 Å². The third-order valence-electron chi connectivity index (χ3n) is 1.82. The highest BCUT2D eigenvalue weighted by Gasteiger charge is 2.45. The first-order valence-corrected chi connectivity index (χ1v) is 5.87. The Morgan fingerprint density at radius 3 is 2.36 bits per heavy atom. The number of carbonyl (C=O) groups is 1. The second-order valence-electron chi connectivity index (χ2n) is 2.69. The van der Waals surface area contributed by atoms with E-state index >= 15 is 0 Å². The second kappa shape index (κ2) is 3.37. The van der Waals surface area contributed by atoms with Gasteiger partial charge in [0.25, 0.3) is 4.52 Å². The molecule has 0 fully saturated rings. The van der Waals surface area contributed by atoms with Gasteiger partial charge in [-0.15, -0.1) is 0 Å². The van der Waals surface area contributed by atoms with Gasteiger partial charge in [0.1, 0.15) is 0 Å². The summed E-state index contributed by atoms with van der Waals surface area (Å²) in [6.07, 6.45) is 0. The van der Waals surface area contributed by atoms with Gasteiger partial charge in [0, 0.05) is 8.95 Å². The minimum Gasteiger partial charge on any atom is -0.421 e. The van der Waals surface area contributed by atoms with E-state index in [1.165, 1.54) is 0 Å². The molecule has 0 radical (unpaired) electrons. The van der Waals surface area contributed by atoms with Gasteiger partial charge in [-0.1, -0.05) is 39.1 Å². The Hall–Kier alpha value is 0.230. The first-order chi connectivity index (χ1) is 6.43. The molecule has 0 bridgehead atoms. The summed E-state index contributed by atoms with van der Waals surface area (Å²) in [6, 6.07) is 3.46. The number of halogens is 4. The van der Waals surface area contributed by atoms with Crippen molar-refractivity contribution in [1.29, 1.82) is 0 Å². The molecule has 74 valence electrons. The second-order valence-corrected chi connectivity index (χ2v) is 5.65. The Bertz CT molecular complexity index is 432. The lowest BCUT2D eigenvalue weighted by Gasteiger charge is -2.12. The number of rotatable bonds is 0. The van der Waals surface area contributed by atoms with Crippen molar-refractivity contribution >= 4 is 61.0 Å². The van der Waals surface area contributed by atoms with Crippen LogP contribution in [-0.2, 0) is 9.26 Å². The summed E-state index contributed by atoms with van der Waals surface area (Å²) in [5.41, 5.74) is 0.810. The van der Waals surface area contributed by atoms with Crippen LogP contribution in [0.25, 0.3) is 0 Å². The molecule has 1 heterocycles. The molecule has 14 heavy (non-hydrogen) atoms. The van der Waals surface area contributed by atoms with Crippen molar-refractivity contribution in [3.8, 4) is 0 Å². The van der Waals surface area contributed by atoms with Crippen LogP contribution in [0.5, 0.6) is 0 Å². The molecule has 1 aromatic rings. The smallest absolute Gasteiger partial charge is 0.342 e. The lowest BCUT2D eigenvalue weighted by molar-refractivity contribution is 0.0446. The molecule has 0 saturated carbocycles. The Balaban J connectivity index is 2.80. The zero-order valence-corrected chi connectivity index (χ0v) is 11.2. The van der Waals surface area contributed by atoms with Crippen LogP contribution in [0.3, 0.4) is 0 Å². The number of hydrogen-bond acceptors (Lipinski definition) is 2. The summed E-state index contributed by atoms with van der Waals surface area (Å²) >= 11 is 18.2. The van der Waals surface area contributed by atoms with Gasteiger partial charge in [0.05, 0.1) is 11.1 Å². The monoisotopic (exact) mass is 358 g/mol. The van der Waals surface area contributed by atoms with Gasteiger partial charge in [0.15, 0.2) is 0 Å². The fraction of sp³-hybridized carbons (Fsp3) is 0.125. The summed E-state index contributed by atoms with van der Waals surface area (Å²) in [4.78, 5) is 11.4. The summed E-state index contributed by atoms with van der Waals surface area (Å²) < 4.78 is 4.47. The summed E-state index contributed by atoms with van der Waals surface area (Å²) in [7, 11) is 0. The molecule has 0 aliphatic carbocycles. The maximum absolute atomic E-state index is 11.4. The number of ether oxygens (including phenoxy) is 1. The Labute approximate surface area is 107 Å². The molecule has 0 N–H and O–H groups in total. The molecule has 1 aliphatic heterocycles. The molecule has 1 aliphatic rings. The van der Waals surface area contributed by atoms with Crippen molar-refractivity contribution in [3.63, 3.8) is 0 Å². The van der Waals surface area contributed by atoms with Crippen molar-refractivity contribution in [3.05, 3.63) is 32.2 Å². The van der Waals surface area contributed by atoms with E-state index in [1.54, 1.807) is 12.1 Å². The fourth-order valence-electron chi connectivity index (χ4n) is 1.25. The highest BCUT2D eigenvalue weighted by atomic mass is 79.9. The third kappa shape index (κ3) is 1.48. The zero-order chi connectivity index (χ0) is 10.5. The molecule has 2 nitrogen and oxygen atoms in total. The van der Waals surface area contributed by atoms with Crippen molar-refractivity contribution in [2.45, 2.75) is 4.52 Å². The zero-order valence-electron chi connectivity index (χ0n) is 6.48. The maximum Gasteiger partial charge on any atom is 0.342 e. The Morgan fingerprint density at radius 2 is 1.79 bits per heavy atom. The number of hydrogen-bond donors (Lipinski definition) is 0. The number of fused-ring (bicyclic) bond motifs is 1. The summed E-state index contributed by atoms with van der Waals surface area (Å²) in [6.45, 7) is 0. The van der Waals surface area contributed by atoms with Gasteiger partial charge >= 0.3 is 5.97 Å². The number of cyclic esters (lactones) is 1. The summed E-state index contributed by atoms with van der Waals surface area (Å²) in [5, 5.41) is 0. The van der Waals surface area contributed by atoms with Gasteiger partial charge in [-0.25, -0.2) is 4.79 Å². The number of esters is 1. The molecular weight excluding hydrogens is 359 g/mol. The standard InChI is InChI=1S/C8H2Br2Cl2O2/c9-3-1-2-4(10)6-5(3)7(13)14-8(6,11)12/h1-2H. The topological polar surface area (TPSA) is 26.3 Å². The van der Waals surface area contributed by atoms with Gasteiger partial charge in [-0.3, -0.25) is 0 Å². The van der Waals surface area contributed by atoms with Crippen molar-refractivity contribution in [2.75, 3.05) is 0 Å². The van der Waals surface area contributed by atoms with Crippen LogP contribution in [0.1, 0.15) is 15.9 Å². The summed E-state index contributed by atoms with van der Waals surface area (Å²) in [5.74, 6) is -0.529. The predicted octanol–water partition coefficient (Wildman–Crippen LogP) is 3.97. The number of carbonyl (C=O) groups excluding carboxylic acids is 1. The molecule has 0 amide bonds. The van der Waals surface area contributed by atoms with E-state index in [2.05, 4.69) is 31.9 Å². The Kier molecular flexibility index (Phi) is 2.59. The first kappa shape index (κ1) is 10.7. The lowest BCUT2D eigenvalue weighted by Crippen LogP contribution is -2.09. The third-order valence-corrected chi connectivity index (χ3v) is 3.67. The highest BCUT2D eigenvalue weighted by molar-refractivity contribution is 9.11. The molecule has 0 saturated heterocycles. The first-order valence-electron chi connectivity index (χ1n) is 3.53. The average molecular weight is 361 g/mol. The van der Waals surface area contributed by atoms with Crippen LogP contribution in [0.15, 0.2) is 21.1 Å². The molecule has 6 heteroatoms. The van der Waals surface area contributed by atoms with E-state index in [0.29, 0.717) is 20.1 Å². The molecule has 2 rings (SSSR count). The van der Waals surface area contributed by atoms with Gasteiger partial charge in [-0.05, 0) is 28.1 Å². The van der Waals surface area contributed by atoms with Crippen LogP contribution in [0.4, 0.5) is 0 Å². The SMILES string of the molecule is O=C1OC(Cl)(Cl)c2c(Br)ccc(Br)c21. The van der Waals surface area contributed by atoms with Crippen LogP contribution in [0, 0.1) is 0 Å². The van der Waals surface area contributed by atoms with Crippen LogP contribution >= 0.6 is 55.1 Å². The molecule has 0 unspecified atom stereocenters. The minimum absolute atomic E-state index is 0.365. The van der Waals surface area contributed by atoms with Crippen molar-refractivity contribution in [1.82, 2.24) is 0 Å². The van der Waals surface area contributed by atoms with E-state index in [4.69, 9.17) is 27.9 Å². The Morgan fingerprint density at radius 1 is 1.21 bits per heavy atom. The molecular formula is C8H2Br2Cl2O2. The average Bonchev–Trinajstić information content (AvgIpc) is 2.30. The number of alkyl halides is 2. The van der Waals surface area contributed by atoms with Gasteiger partial charge in [0.2, 0.25) is 0 Å². The van der Waals surface area contributed by atoms with Gasteiger partial charge in [-0.2, -0.15) is 0 Å².